The standard InChI is InChI=1S/C27H48N14O7/c1-14(12-42)38-25(48)21(15(2)43)41-24(47)19(9-16-10-33-13-37-16)39-20(44)11-36-23(46)18(6-4-8-35-27(31)32)40-22(45)17(28)5-3-7-34-26(29)30/h10,12-15,17-19,21,43H,3-9,11,28H2,1-2H3,(H,33,37)(H,36,46)(H,38,48)(H,39,44)(H,40,45)(H,41,47)(H4,29,30,34)(H4,31,32,35)/t14-,15+,17-,18-,19-,21-/m0/s1. The van der Waals surface area contributed by atoms with E-state index in [1.807, 2.05) is 0 Å². The maximum absolute atomic E-state index is 13.2. The van der Waals surface area contributed by atoms with Gasteiger partial charge in [-0.2, -0.15) is 0 Å². The number of hydrogen-bond acceptors (Lipinski definition) is 11. The quantitative estimate of drug-likeness (QED) is 0.0235. The Balaban J connectivity index is 2.96. The van der Waals surface area contributed by atoms with Gasteiger partial charge in [-0.15, -0.1) is 0 Å². The first kappa shape index (κ1) is 40.7. The third-order valence-corrected chi connectivity index (χ3v) is 6.57. The largest absolute Gasteiger partial charge is 0.391 e. The van der Waals surface area contributed by atoms with E-state index in [0.29, 0.717) is 18.4 Å². The lowest BCUT2D eigenvalue weighted by Crippen LogP contribution is -2.59. The zero-order chi connectivity index (χ0) is 36.2. The summed E-state index contributed by atoms with van der Waals surface area (Å²) in [6.07, 6.45) is 2.79. The summed E-state index contributed by atoms with van der Waals surface area (Å²) in [5.41, 5.74) is 27.7. The second-order valence-electron chi connectivity index (χ2n) is 10.8. The molecule has 0 bridgehead atoms. The first-order valence-corrected chi connectivity index (χ1v) is 15.1. The molecule has 268 valence electrons. The van der Waals surface area contributed by atoms with E-state index in [1.54, 1.807) is 0 Å². The molecule has 0 saturated carbocycles. The van der Waals surface area contributed by atoms with Crippen LogP contribution in [0.1, 0.15) is 45.2 Å². The fourth-order valence-electron chi connectivity index (χ4n) is 4.07. The van der Waals surface area contributed by atoms with Crippen molar-refractivity contribution in [3.05, 3.63) is 18.2 Å². The van der Waals surface area contributed by atoms with E-state index in [2.05, 4.69) is 46.5 Å². The smallest absolute Gasteiger partial charge is 0.245 e. The number of guanidine groups is 2. The van der Waals surface area contributed by atoms with Gasteiger partial charge in [-0.05, 0) is 39.5 Å². The molecule has 21 nitrogen and oxygen atoms in total. The van der Waals surface area contributed by atoms with E-state index in [-0.39, 0.29) is 50.7 Å². The number of carbonyl (C=O) groups excluding carboxylic acids is 6. The van der Waals surface area contributed by atoms with Crippen molar-refractivity contribution in [2.75, 3.05) is 19.6 Å². The van der Waals surface area contributed by atoms with Gasteiger partial charge in [0.25, 0.3) is 0 Å². The highest BCUT2D eigenvalue weighted by atomic mass is 16.3. The SMILES string of the molecule is C[C@@H](C=O)NC(=O)[C@@H](NC(=O)[C@H](Cc1cnc[nH]1)NC(=O)CNC(=O)[C@H](CCCN=C(N)N)NC(=O)[C@@H](N)CCCN=C(N)N)[C@@H](C)O. The number of aromatic amines is 1. The van der Waals surface area contributed by atoms with Crippen LogP contribution in [0, 0.1) is 0 Å². The molecule has 1 aromatic heterocycles. The van der Waals surface area contributed by atoms with Gasteiger partial charge in [0.05, 0.1) is 31.1 Å². The van der Waals surface area contributed by atoms with Crippen molar-refractivity contribution < 1.29 is 33.9 Å². The van der Waals surface area contributed by atoms with Crippen LogP contribution in [0.2, 0.25) is 0 Å². The van der Waals surface area contributed by atoms with Gasteiger partial charge in [0.1, 0.15) is 24.4 Å². The third-order valence-electron chi connectivity index (χ3n) is 6.57. The number of carbonyl (C=O) groups is 6. The average Bonchev–Trinajstić information content (AvgIpc) is 3.54. The van der Waals surface area contributed by atoms with Crippen LogP contribution >= 0.6 is 0 Å². The molecule has 0 spiro atoms. The van der Waals surface area contributed by atoms with E-state index < -0.39 is 72.4 Å². The summed E-state index contributed by atoms with van der Waals surface area (Å²) in [4.78, 5) is 89.8. The lowest BCUT2D eigenvalue weighted by molar-refractivity contribution is -0.135. The Morgan fingerprint density at radius 1 is 0.875 bits per heavy atom. The number of aldehydes is 1. The highest BCUT2D eigenvalue weighted by molar-refractivity contribution is 5.95. The van der Waals surface area contributed by atoms with E-state index in [1.165, 1.54) is 26.4 Å². The molecule has 0 fully saturated rings. The van der Waals surface area contributed by atoms with Crippen LogP contribution in [0.25, 0.3) is 0 Å². The second kappa shape index (κ2) is 21.5. The van der Waals surface area contributed by atoms with Gasteiger partial charge in [-0.3, -0.25) is 34.0 Å². The number of amides is 5. The summed E-state index contributed by atoms with van der Waals surface area (Å²) >= 11 is 0. The first-order chi connectivity index (χ1) is 22.6. The van der Waals surface area contributed by atoms with Gasteiger partial charge in [-0.25, -0.2) is 4.98 Å². The molecule has 0 aliphatic heterocycles. The van der Waals surface area contributed by atoms with Crippen LogP contribution in [0.15, 0.2) is 22.5 Å². The lowest BCUT2D eigenvalue weighted by Gasteiger charge is -2.25. The number of nitrogens with two attached hydrogens (primary N) is 5. The van der Waals surface area contributed by atoms with E-state index in [0.717, 1.165) is 0 Å². The molecule has 21 heteroatoms. The van der Waals surface area contributed by atoms with Crippen LogP contribution in [0.3, 0.4) is 0 Å². The van der Waals surface area contributed by atoms with Gasteiger partial charge >= 0.3 is 0 Å². The topological polar surface area (TPSA) is 366 Å². The van der Waals surface area contributed by atoms with Gasteiger partial charge < -0.3 is 70.1 Å². The number of hydrogen-bond donors (Lipinski definition) is 12. The molecule has 17 N–H and O–H groups in total. The maximum Gasteiger partial charge on any atom is 0.245 e. The third kappa shape index (κ3) is 16.3. The van der Waals surface area contributed by atoms with Crippen LogP contribution in [0.5, 0.6) is 0 Å². The Hall–Kier alpha value is -5.31. The highest BCUT2D eigenvalue weighted by Crippen LogP contribution is 2.04. The molecule has 0 radical (unpaired) electrons. The summed E-state index contributed by atoms with van der Waals surface area (Å²) in [6.45, 7) is 2.49. The molecule has 0 aromatic carbocycles. The van der Waals surface area contributed by atoms with Crippen molar-refractivity contribution in [2.24, 2.45) is 38.7 Å². The van der Waals surface area contributed by atoms with Crippen LogP contribution in [-0.4, -0.2) is 119 Å². The Morgan fingerprint density at radius 2 is 1.50 bits per heavy atom. The summed E-state index contributed by atoms with van der Waals surface area (Å²) < 4.78 is 0. The van der Waals surface area contributed by atoms with E-state index >= 15 is 0 Å². The predicted molar refractivity (Wildman–Crippen MR) is 174 cm³/mol. The minimum Gasteiger partial charge on any atom is -0.391 e. The maximum atomic E-state index is 13.2. The molecule has 0 unspecified atom stereocenters. The monoisotopic (exact) mass is 680 g/mol. The van der Waals surface area contributed by atoms with Gasteiger partial charge in [0.15, 0.2) is 11.9 Å². The normalized spacial score (nSPS) is 14.4. The highest BCUT2D eigenvalue weighted by Gasteiger charge is 2.31. The molecule has 0 aliphatic rings. The van der Waals surface area contributed by atoms with Crippen LogP contribution < -0.4 is 55.3 Å². The predicted octanol–water partition coefficient (Wildman–Crippen LogP) is -5.96. The molecule has 6 atom stereocenters. The van der Waals surface area contributed by atoms with Crippen molar-refractivity contribution in [1.82, 2.24) is 36.6 Å². The molecule has 5 amide bonds. The molecule has 1 heterocycles. The second-order valence-corrected chi connectivity index (χ2v) is 10.8. The molecular formula is C27H48N14O7. The van der Waals surface area contributed by atoms with E-state index in [9.17, 15) is 33.9 Å². The fourth-order valence-corrected chi connectivity index (χ4v) is 4.07. The summed E-state index contributed by atoms with van der Waals surface area (Å²) in [5, 5.41) is 22.3. The number of nitrogens with one attached hydrogen (secondary N) is 6. The van der Waals surface area contributed by atoms with E-state index in [4.69, 9.17) is 28.7 Å². The Labute approximate surface area is 277 Å². The number of H-pyrrole nitrogens is 1. The number of imidazole rings is 1. The van der Waals surface area contributed by atoms with Crippen molar-refractivity contribution >= 4 is 47.7 Å². The van der Waals surface area contributed by atoms with Crippen molar-refractivity contribution in [1.29, 1.82) is 0 Å². The molecule has 1 rings (SSSR count). The number of aliphatic hydroxyl groups excluding tert-OH is 1. The van der Waals surface area contributed by atoms with Gasteiger partial charge in [-0.1, -0.05) is 0 Å². The number of nitrogens with zero attached hydrogens (tertiary/aromatic N) is 3. The number of aliphatic hydroxyl groups is 1. The van der Waals surface area contributed by atoms with Crippen molar-refractivity contribution in [3.8, 4) is 0 Å². The number of aliphatic imine (C=N–C) groups is 2. The Kier molecular flexibility index (Phi) is 18.2. The zero-order valence-corrected chi connectivity index (χ0v) is 27.0. The fraction of sp³-hybridized carbons (Fsp3) is 0.593. The lowest BCUT2D eigenvalue weighted by atomic mass is 10.1. The molecule has 1 aromatic rings. The minimum atomic E-state index is -1.46. The summed E-state index contributed by atoms with van der Waals surface area (Å²) in [7, 11) is 0. The molecule has 0 saturated heterocycles. The minimum absolute atomic E-state index is 0.0903. The van der Waals surface area contributed by atoms with Crippen LogP contribution in [0.4, 0.5) is 0 Å². The first-order valence-electron chi connectivity index (χ1n) is 15.1. The summed E-state index contributed by atoms with van der Waals surface area (Å²) in [5.74, 6) is -4.05. The number of rotatable bonds is 22. The molecule has 48 heavy (non-hydrogen) atoms. The zero-order valence-electron chi connectivity index (χ0n) is 27.0. The average molecular weight is 681 g/mol. The molecular weight excluding hydrogens is 632 g/mol. The summed E-state index contributed by atoms with van der Waals surface area (Å²) in [6, 6.07) is -5.73. The van der Waals surface area contributed by atoms with Crippen LogP contribution in [-0.2, 0) is 35.2 Å². The number of aromatic nitrogens is 2. The van der Waals surface area contributed by atoms with Crippen molar-refractivity contribution in [2.45, 2.75) is 82.3 Å². The van der Waals surface area contributed by atoms with Gasteiger partial charge in [0.2, 0.25) is 29.5 Å². The Bertz CT molecular complexity index is 1260. The Morgan fingerprint density at radius 3 is 2.04 bits per heavy atom. The van der Waals surface area contributed by atoms with Crippen molar-refractivity contribution in [3.63, 3.8) is 0 Å². The van der Waals surface area contributed by atoms with Gasteiger partial charge in [0, 0.05) is 31.4 Å². The molecule has 0 aliphatic carbocycles.